The van der Waals surface area contributed by atoms with E-state index < -0.39 is 0 Å². The second kappa shape index (κ2) is 5.90. The molecule has 0 bridgehead atoms. The third-order valence-electron chi connectivity index (χ3n) is 3.34. The van der Waals surface area contributed by atoms with Crippen LogP contribution in [0.2, 0.25) is 0 Å². The standard InChI is InChI=1S/C14H24N2/c1-5-12(4)16(6-2)10-13-7-8-14(15)11(3)9-13/h7-9,12H,5-6,10,15H2,1-4H3. The number of anilines is 1. The van der Waals surface area contributed by atoms with E-state index in [9.17, 15) is 0 Å². The van der Waals surface area contributed by atoms with Crippen LogP contribution in [0.3, 0.4) is 0 Å². The summed E-state index contributed by atoms with van der Waals surface area (Å²) in [6, 6.07) is 6.98. The number of nitrogens with two attached hydrogens (primary N) is 1. The van der Waals surface area contributed by atoms with Crippen molar-refractivity contribution in [1.82, 2.24) is 4.90 Å². The highest BCUT2D eigenvalue weighted by atomic mass is 15.1. The minimum Gasteiger partial charge on any atom is -0.399 e. The number of aryl methyl sites for hydroxylation is 1. The Kier molecular flexibility index (Phi) is 4.81. The van der Waals surface area contributed by atoms with E-state index in [4.69, 9.17) is 5.73 Å². The van der Waals surface area contributed by atoms with Crippen molar-refractivity contribution in [3.63, 3.8) is 0 Å². The highest BCUT2D eigenvalue weighted by Crippen LogP contribution is 2.16. The molecule has 0 aromatic heterocycles. The minimum absolute atomic E-state index is 0.642. The van der Waals surface area contributed by atoms with E-state index in [1.54, 1.807) is 0 Å². The second-order valence-electron chi connectivity index (χ2n) is 4.51. The lowest BCUT2D eigenvalue weighted by Crippen LogP contribution is -2.31. The van der Waals surface area contributed by atoms with E-state index in [0.717, 1.165) is 18.8 Å². The average Bonchev–Trinajstić information content (AvgIpc) is 2.29. The molecule has 1 unspecified atom stereocenters. The zero-order valence-electron chi connectivity index (χ0n) is 11.0. The molecule has 0 radical (unpaired) electrons. The lowest BCUT2D eigenvalue weighted by molar-refractivity contribution is 0.206. The van der Waals surface area contributed by atoms with Gasteiger partial charge in [0.25, 0.3) is 0 Å². The van der Waals surface area contributed by atoms with E-state index in [2.05, 4.69) is 44.7 Å². The summed E-state index contributed by atoms with van der Waals surface area (Å²) in [6.07, 6.45) is 1.20. The number of hydrogen-bond acceptors (Lipinski definition) is 2. The Morgan fingerprint density at radius 2 is 2.00 bits per heavy atom. The van der Waals surface area contributed by atoms with Gasteiger partial charge in [-0.05, 0) is 44.0 Å². The summed E-state index contributed by atoms with van der Waals surface area (Å²) in [5.74, 6) is 0. The van der Waals surface area contributed by atoms with Gasteiger partial charge < -0.3 is 5.73 Å². The molecular formula is C14H24N2. The monoisotopic (exact) mass is 220 g/mol. The van der Waals surface area contributed by atoms with E-state index in [0.29, 0.717) is 6.04 Å². The fourth-order valence-corrected chi connectivity index (χ4v) is 1.91. The summed E-state index contributed by atoms with van der Waals surface area (Å²) in [5, 5.41) is 0. The molecule has 0 spiro atoms. The quantitative estimate of drug-likeness (QED) is 0.772. The lowest BCUT2D eigenvalue weighted by Gasteiger charge is -2.27. The number of rotatable bonds is 5. The predicted octanol–water partition coefficient (Wildman–Crippen LogP) is 3.20. The van der Waals surface area contributed by atoms with Crippen LogP contribution in [0.4, 0.5) is 5.69 Å². The molecule has 1 aromatic rings. The van der Waals surface area contributed by atoms with E-state index in [1.807, 2.05) is 6.07 Å². The first kappa shape index (κ1) is 13.0. The van der Waals surface area contributed by atoms with Crippen molar-refractivity contribution >= 4 is 5.69 Å². The number of benzene rings is 1. The molecule has 0 aliphatic rings. The Morgan fingerprint density at radius 1 is 1.31 bits per heavy atom. The molecule has 90 valence electrons. The normalized spacial score (nSPS) is 13.1. The molecule has 0 heterocycles. The zero-order chi connectivity index (χ0) is 12.1. The van der Waals surface area contributed by atoms with Gasteiger partial charge in [-0.25, -0.2) is 0 Å². The Morgan fingerprint density at radius 3 is 2.50 bits per heavy atom. The molecule has 1 aromatic carbocycles. The minimum atomic E-state index is 0.642. The molecule has 0 saturated carbocycles. The van der Waals surface area contributed by atoms with Gasteiger partial charge in [-0.3, -0.25) is 4.90 Å². The van der Waals surface area contributed by atoms with Crippen LogP contribution in [0.1, 0.15) is 38.3 Å². The van der Waals surface area contributed by atoms with E-state index >= 15 is 0 Å². The SMILES string of the molecule is CCC(C)N(CC)Cc1ccc(N)c(C)c1. The fraction of sp³-hybridized carbons (Fsp3) is 0.571. The highest BCUT2D eigenvalue weighted by Gasteiger charge is 2.10. The average molecular weight is 220 g/mol. The van der Waals surface area contributed by atoms with Crippen molar-refractivity contribution in [3.05, 3.63) is 29.3 Å². The van der Waals surface area contributed by atoms with Gasteiger partial charge in [0.1, 0.15) is 0 Å². The summed E-state index contributed by atoms with van der Waals surface area (Å²) < 4.78 is 0. The van der Waals surface area contributed by atoms with E-state index in [-0.39, 0.29) is 0 Å². The third-order valence-corrected chi connectivity index (χ3v) is 3.34. The van der Waals surface area contributed by atoms with Crippen LogP contribution in [0.25, 0.3) is 0 Å². The van der Waals surface area contributed by atoms with Crippen molar-refractivity contribution < 1.29 is 0 Å². The molecule has 2 heteroatoms. The van der Waals surface area contributed by atoms with Gasteiger partial charge in [0.2, 0.25) is 0 Å². The molecule has 0 aliphatic carbocycles. The molecule has 2 N–H and O–H groups in total. The van der Waals surface area contributed by atoms with Gasteiger partial charge in [0, 0.05) is 18.3 Å². The van der Waals surface area contributed by atoms with Crippen LogP contribution in [0.15, 0.2) is 18.2 Å². The Labute approximate surface area is 99.5 Å². The molecule has 0 amide bonds. The van der Waals surface area contributed by atoms with Gasteiger partial charge in [0.05, 0.1) is 0 Å². The van der Waals surface area contributed by atoms with Gasteiger partial charge in [-0.15, -0.1) is 0 Å². The Bertz CT molecular complexity index is 334. The largest absolute Gasteiger partial charge is 0.399 e. The van der Waals surface area contributed by atoms with Crippen LogP contribution in [0.5, 0.6) is 0 Å². The highest BCUT2D eigenvalue weighted by molar-refractivity contribution is 5.47. The van der Waals surface area contributed by atoms with Gasteiger partial charge in [-0.1, -0.05) is 26.0 Å². The third kappa shape index (κ3) is 3.24. The van der Waals surface area contributed by atoms with Gasteiger partial charge >= 0.3 is 0 Å². The van der Waals surface area contributed by atoms with Crippen LogP contribution in [-0.2, 0) is 6.54 Å². The van der Waals surface area contributed by atoms with Crippen molar-refractivity contribution in [3.8, 4) is 0 Å². The van der Waals surface area contributed by atoms with Crippen LogP contribution < -0.4 is 5.73 Å². The molecule has 0 aliphatic heterocycles. The number of nitrogens with zero attached hydrogens (tertiary/aromatic N) is 1. The Hall–Kier alpha value is -1.02. The summed E-state index contributed by atoms with van der Waals surface area (Å²) in [5.41, 5.74) is 9.24. The molecule has 16 heavy (non-hydrogen) atoms. The van der Waals surface area contributed by atoms with Gasteiger partial charge in [-0.2, -0.15) is 0 Å². The molecule has 1 rings (SSSR count). The first-order valence-electron chi connectivity index (χ1n) is 6.17. The summed E-state index contributed by atoms with van der Waals surface area (Å²) >= 11 is 0. The summed E-state index contributed by atoms with van der Waals surface area (Å²) in [4.78, 5) is 2.49. The van der Waals surface area contributed by atoms with Gasteiger partial charge in [0.15, 0.2) is 0 Å². The fourth-order valence-electron chi connectivity index (χ4n) is 1.91. The molecule has 2 nitrogen and oxygen atoms in total. The second-order valence-corrected chi connectivity index (χ2v) is 4.51. The smallest absolute Gasteiger partial charge is 0.0343 e. The Balaban J connectivity index is 2.74. The maximum Gasteiger partial charge on any atom is 0.0343 e. The summed E-state index contributed by atoms with van der Waals surface area (Å²) in [6.45, 7) is 10.9. The predicted molar refractivity (Wildman–Crippen MR) is 71.4 cm³/mol. The molecule has 1 atom stereocenters. The maximum absolute atomic E-state index is 5.82. The molecule has 0 fully saturated rings. The maximum atomic E-state index is 5.82. The molecule has 0 saturated heterocycles. The first-order chi connectivity index (χ1) is 7.58. The number of nitrogen functional groups attached to an aromatic ring is 1. The first-order valence-corrected chi connectivity index (χ1v) is 6.17. The lowest BCUT2D eigenvalue weighted by atomic mass is 10.1. The molecular weight excluding hydrogens is 196 g/mol. The van der Waals surface area contributed by atoms with Crippen LogP contribution in [-0.4, -0.2) is 17.5 Å². The van der Waals surface area contributed by atoms with Crippen molar-refractivity contribution in [2.75, 3.05) is 12.3 Å². The van der Waals surface area contributed by atoms with Crippen LogP contribution in [0, 0.1) is 6.92 Å². The van der Waals surface area contributed by atoms with Crippen molar-refractivity contribution in [2.24, 2.45) is 0 Å². The van der Waals surface area contributed by atoms with Crippen molar-refractivity contribution in [2.45, 2.75) is 46.7 Å². The van der Waals surface area contributed by atoms with Crippen molar-refractivity contribution in [1.29, 1.82) is 0 Å². The van der Waals surface area contributed by atoms with E-state index in [1.165, 1.54) is 17.5 Å². The zero-order valence-corrected chi connectivity index (χ0v) is 11.0. The number of hydrogen-bond donors (Lipinski definition) is 1. The van der Waals surface area contributed by atoms with Crippen LogP contribution >= 0.6 is 0 Å². The topological polar surface area (TPSA) is 29.3 Å². The summed E-state index contributed by atoms with van der Waals surface area (Å²) in [7, 11) is 0.